The van der Waals surface area contributed by atoms with Crippen molar-refractivity contribution in [2.75, 3.05) is 0 Å². The molecule has 0 aliphatic heterocycles. The molecule has 3 aromatic rings. The van der Waals surface area contributed by atoms with Crippen LogP contribution in [0.25, 0.3) is 10.9 Å². The van der Waals surface area contributed by atoms with Crippen molar-refractivity contribution in [3.8, 4) is 0 Å². The first kappa shape index (κ1) is 13.1. The van der Waals surface area contributed by atoms with Gasteiger partial charge in [-0.2, -0.15) is 0 Å². The molecule has 6 nitrogen and oxygen atoms in total. The van der Waals surface area contributed by atoms with Gasteiger partial charge in [-0.15, -0.1) is 0 Å². The lowest BCUT2D eigenvalue weighted by molar-refractivity contribution is -0.383. The number of nitro groups is 1. The molecule has 0 saturated heterocycles. The van der Waals surface area contributed by atoms with Gasteiger partial charge >= 0.3 is 0 Å². The van der Waals surface area contributed by atoms with E-state index in [1.54, 1.807) is 24.3 Å². The van der Waals surface area contributed by atoms with Gasteiger partial charge in [0.1, 0.15) is 5.76 Å². The Morgan fingerprint density at radius 3 is 2.81 bits per heavy atom. The summed E-state index contributed by atoms with van der Waals surface area (Å²) in [5, 5.41) is 11.4. The maximum absolute atomic E-state index is 12.5. The summed E-state index contributed by atoms with van der Waals surface area (Å²) in [6.45, 7) is 1.92. The fraction of sp³-hybridized carbons (Fsp3) is 0.133. The number of nitro benzene ring substituents is 1. The molecule has 1 N–H and O–H groups in total. The minimum absolute atomic E-state index is 0.0978. The van der Waals surface area contributed by atoms with Gasteiger partial charge in [0.05, 0.1) is 21.4 Å². The van der Waals surface area contributed by atoms with Crippen molar-refractivity contribution < 1.29 is 14.1 Å². The molecule has 21 heavy (non-hydrogen) atoms. The van der Waals surface area contributed by atoms with Crippen LogP contribution < -0.4 is 0 Å². The van der Waals surface area contributed by atoms with Gasteiger partial charge < -0.3 is 9.40 Å². The summed E-state index contributed by atoms with van der Waals surface area (Å²) in [6.07, 6.45) is 2.16. The van der Waals surface area contributed by atoms with E-state index in [1.165, 1.54) is 12.3 Å². The number of carbonyl (C=O) groups is 1. The number of aromatic amines is 1. The average molecular weight is 284 g/mol. The Kier molecular flexibility index (Phi) is 3.06. The Bertz CT molecular complexity index is 844. The number of nitrogens with one attached hydrogen (secondary N) is 1. The highest BCUT2D eigenvalue weighted by molar-refractivity contribution is 6.17. The smallest absolute Gasteiger partial charge is 0.279 e. The molecule has 0 aliphatic rings. The van der Waals surface area contributed by atoms with Crippen molar-refractivity contribution in [2.45, 2.75) is 13.3 Å². The summed E-state index contributed by atoms with van der Waals surface area (Å²) in [5.41, 5.74) is 0.698. The summed E-state index contributed by atoms with van der Waals surface area (Å²) in [5.74, 6) is 0.522. The number of hydrogen-bond acceptors (Lipinski definition) is 4. The Hall–Kier alpha value is -2.89. The van der Waals surface area contributed by atoms with E-state index in [0.29, 0.717) is 23.1 Å². The number of benzene rings is 1. The fourth-order valence-electron chi connectivity index (χ4n) is 2.32. The van der Waals surface area contributed by atoms with Crippen LogP contribution in [0.5, 0.6) is 0 Å². The second-order valence-electron chi connectivity index (χ2n) is 4.61. The number of aryl methyl sites for hydroxylation is 1. The first-order chi connectivity index (χ1) is 10.1. The highest BCUT2D eigenvalue weighted by Crippen LogP contribution is 2.30. The third kappa shape index (κ3) is 2.10. The van der Waals surface area contributed by atoms with Crippen LogP contribution in [0.1, 0.15) is 28.8 Å². The van der Waals surface area contributed by atoms with Gasteiger partial charge in [-0.05, 0) is 18.2 Å². The second kappa shape index (κ2) is 4.90. The van der Waals surface area contributed by atoms with Crippen LogP contribution >= 0.6 is 0 Å². The molecule has 0 bridgehead atoms. The van der Waals surface area contributed by atoms with Crippen LogP contribution in [-0.2, 0) is 6.42 Å². The molecule has 2 aromatic heterocycles. The number of furan rings is 1. The van der Waals surface area contributed by atoms with Crippen molar-refractivity contribution in [1.29, 1.82) is 0 Å². The maximum atomic E-state index is 12.5. The van der Waals surface area contributed by atoms with E-state index in [0.717, 1.165) is 0 Å². The molecule has 0 saturated carbocycles. The van der Waals surface area contributed by atoms with E-state index in [1.807, 2.05) is 6.92 Å². The molecule has 2 heterocycles. The second-order valence-corrected chi connectivity index (χ2v) is 4.61. The normalized spacial score (nSPS) is 10.9. The van der Waals surface area contributed by atoms with Crippen molar-refractivity contribution in [3.05, 3.63) is 63.7 Å². The number of carbonyl (C=O) groups excluding carboxylic acids is 1. The molecule has 0 fully saturated rings. The van der Waals surface area contributed by atoms with E-state index >= 15 is 0 Å². The summed E-state index contributed by atoms with van der Waals surface area (Å²) in [7, 11) is 0. The van der Waals surface area contributed by atoms with Crippen LogP contribution in [-0.4, -0.2) is 15.7 Å². The van der Waals surface area contributed by atoms with E-state index < -0.39 is 4.92 Å². The fourth-order valence-corrected chi connectivity index (χ4v) is 2.32. The Morgan fingerprint density at radius 1 is 1.33 bits per heavy atom. The zero-order valence-electron chi connectivity index (χ0n) is 11.3. The molecule has 0 aliphatic carbocycles. The standard InChI is InChI=1S/C15H12N2O4/c1-2-9-6-7-13(21-9)15(18)10-8-16-11-4-3-5-12(14(10)11)17(19)20/h3-8,16H,2H2,1H3. The Labute approximate surface area is 119 Å². The maximum Gasteiger partial charge on any atom is 0.279 e. The van der Waals surface area contributed by atoms with E-state index in [-0.39, 0.29) is 22.8 Å². The molecule has 1 aromatic carbocycles. The molecular formula is C15H12N2O4. The number of rotatable bonds is 4. The van der Waals surface area contributed by atoms with Crippen molar-refractivity contribution in [3.63, 3.8) is 0 Å². The quantitative estimate of drug-likeness (QED) is 0.451. The number of hydrogen-bond donors (Lipinski definition) is 1. The lowest BCUT2D eigenvalue weighted by Crippen LogP contribution is -2.00. The lowest BCUT2D eigenvalue weighted by atomic mass is 10.1. The van der Waals surface area contributed by atoms with Gasteiger partial charge in [0, 0.05) is 18.7 Å². The van der Waals surface area contributed by atoms with Crippen LogP contribution in [0.15, 0.2) is 40.9 Å². The molecule has 0 radical (unpaired) electrons. The van der Waals surface area contributed by atoms with Gasteiger partial charge in [-0.25, -0.2) is 0 Å². The molecule has 106 valence electrons. The van der Waals surface area contributed by atoms with Crippen LogP contribution in [0, 0.1) is 10.1 Å². The molecular weight excluding hydrogens is 272 g/mol. The van der Waals surface area contributed by atoms with Crippen molar-refractivity contribution in [2.24, 2.45) is 0 Å². The van der Waals surface area contributed by atoms with Gasteiger partial charge in [0.15, 0.2) is 5.76 Å². The van der Waals surface area contributed by atoms with E-state index in [2.05, 4.69) is 4.98 Å². The molecule has 0 atom stereocenters. The highest BCUT2D eigenvalue weighted by Gasteiger charge is 2.23. The first-order valence-corrected chi connectivity index (χ1v) is 6.49. The number of fused-ring (bicyclic) bond motifs is 1. The monoisotopic (exact) mass is 284 g/mol. The van der Waals surface area contributed by atoms with E-state index in [4.69, 9.17) is 4.42 Å². The summed E-state index contributed by atoms with van der Waals surface area (Å²) >= 11 is 0. The molecule has 6 heteroatoms. The zero-order chi connectivity index (χ0) is 15.0. The number of nitrogens with zero attached hydrogens (tertiary/aromatic N) is 1. The third-order valence-electron chi connectivity index (χ3n) is 3.36. The van der Waals surface area contributed by atoms with Gasteiger partial charge in [0.25, 0.3) is 5.69 Å². The first-order valence-electron chi connectivity index (χ1n) is 6.49. The SMILES string of the molecule is CCc1ccc(C(=O)c2c[nH]c3cccc([N+](=O)[O-])c23)o1. The predicted molar refractivity (Wildman–Crippen MR) is 76.5 cm³/mol. The summed E-state index contributed by atoms with van der Waals surface area (Å²) < 4.78 is 5.43. The molecule has 0 amide bonds. The number of H-pyrrole nitrogens is 1. The molecule has 3 rings (SSSR count). The van der Waals surface area contributed by atoms with Crippen LogP contribution in [0.4, 0.5) is 5.69 Å². The lowest BCUT2D eigenvalue weighted by Gasteiger charge is -1.98. The highest BCUT2D eigenvalue weighted by atomic mass is 16.6. The molecule has 0 unspecified atom stereocenters. The third-order valence-corrected chi connectivity index (χ3v) is 3.36. The van der Waals surface area contributed by atoms with E-state index in [9.17, 15) is 14.9 Å². The number of ketones is 1. The zero-order valence-corrected chi connectivity index (χ0v) is 11.3. The van der Waals surface area contributed by atoms with Crippen LogP contribution in [0.2, 0.25) is 0 Å². The minimum atomic E-state index is -0.493. The van der Waals surface area contributed by atoms with Crippen LogP contribution in [0.3, 0.4) is 0 Å². The minimum Gasteiger partial charge on any atom is -0.458 e. The van der Waals surface area contributed by atoms with Crippen molar-refractivity contribution >= 4 is 22.4 Å². The van der Waals surface area contributed by atoms with Crippen molar-refractivity contribution in [1.82, 2.24) is 4.98 Å². The summed E-state index contributed by atoms with van der Waals surface area (Å²) in [4.78, 5) is 26.0. The Balaban J connectivity index is 2.16. The molecule has 0 spiro atoms. The number of aromatic nitrogens is 1. The van der Waals surface area contributed by atoms with Gasteiger partial charge in [0.2, 0.25) is 5.78 Å². The predicted octanol–water partition coefficient (Wildman–Crippen LogP) is 3.46. The van der Waals surface area contributed by atoms with Gasteiger partial charge in [-0.1, -0.05) is 13.0 Å². The number of non-ortho nitro benzene ring substituents is 1. The topological polar surface area (TPSA) is 89.1 Å². The average Bonchev–Trinajstić information content (AvgIpc) is 3.12. The summed E-state index contributed by atoms with van der Waals surface area (Å²) in [6, 6.07) is 7.98. The van der Waals surface area contributed by atoms with Gasteiger partial charge in [-0.3, -0.25) is 14.9 Å². The largest absolute Gasteiger partial charge is 0.458 e. The Morgan fingerprint density at radius 2 is 2.14 bits per heavy atom.